The van der Waals surface area contributed by atoms with Crippen molar-refractivity contribution in [2.24, 2.45) is 0 Å². The Morgan fingerprint density at radius 1 is 1.22 bits per heavy atom. The molecule has 1 aliphatic carbocycles. The van der Waals surface area contributed by atoms with E-state index in [0.29, 0.717) is 0 Å². The Morgan fingerprint density at radius 2 is 2.00 bits per heavy atom. The van der Waals surface area contributed by atoms with E-state index < -0.39 is 0 Å². The molecule has 104 valence electrons. The van der Waals surface area contributed by atoms with E-state index >= 15 is 0 Å². The van der Waals surface area contributed by atoms with Crippen LogP contribution in [0.1, 0.15) is 51.9 Å². The average molecular weight is 251 g/mol. The van der Waals surface area contributed by atoms with E-state index in [0.717, 1.165) is 19.5 Å². The largest absolute Gasteiger partial charge is 0.377 e. The molecular weight excluding hydrogens is 222 g/mol. The Bertz CT molecular complexity index is 258. The number of hydrogen-bond acceptors (Lipinski definition) is 2. The molecule has 0 saturated carbocycles. The van der Waals surface area contributed by atoms with Gasteiger partial charge in [-0.25, -0.2) is 0 Å². The summed E-state index contributed by atoms with van der Waals surface area (Å²) in [6.07, 6.45) is 16.1. The van der Waals surface area contributed by atoms with E-state index in [1.165, 1.54) is 44.1 Å². The van der Waals surface area contributed by atoms with E-state index in [1.807, 2.05) is 0 Å². The molecule has 0 heterocycles. The SMILES string of the molecule is CCCCCCCCNCC1=CCC(OC)C=C1. The van der Waals surface area contributed by atoms with Crippen molar-refractivity contribution < 1.29 is 4.74 Å². The first-order valence-electron chi connectivity index (χ1n) is 7.47. The van der Waals surface area contributed by atoms with Gasteiger partial charge in [0.2, 0.25) is 0 Å². The number of methoxy groups -OCH3 is 1. The van der Waals surface area contributed by atoms with Crippen molar-refractivity contribution >= 4 is 0 Å². The van der Waals surface area contributed by atoms with Crippen molar-refractivity contribution in [2.75, 3.05) is 20.2 Å². The number of rotatable bonds is 10. The molecule has 1 aliphatic rings. The number of nitrogens with one attached hydrogen (secondary N) is 1. The molecule has 0 aliphatic heterocycles. The van der Waals surface area contributed by atoms with Crippen molar-refractivity contribution in [3.63, 3.8) is 0 Å². The highest BCUT2D eigenvalue weighted by Crippen LogP contribution is 2.12. The van der Waals surface area contributed by atoms with Gasteiger partial charge < -0.3 is 10.1 Å². The minimum atomic E-state index is 0.285. The van der Waals surface area contributed by atoms with Crippen LogP contribution in [-0.4, -0.2) is 26.3 Å². The van der Waals surface area contributed by atoms with Gasteiger partial charge in [-0.05, 0) is 25.0 Å². The summed E-state index contributed by atoms with van der Waals surface area (Å²) in [5.41, 5.74) is 1.40. The minimum Gasteiger partial charge on any atom is -0.377 e. The molecule has 0 amide bonds. The molecule has 0 radical (unpaired) electrons. The molecule has 0 spiro atoms. The van der Waals surface area contributed by atoms with Gasteiger partial charge in [0.15, 0.2) is 0 Å². The van der Waals surface area contributed by atoms with Crippen LogP contribution in [0, 0.1) is 0 Å². The summed E-state index contributed by atoms with van der Waals surface area (Å²) < 4.78 is 5.28. The molecule has 0 saturated heterocycles. The first-order valence-corrected chi connectivity index (χ1v) is 7.47. The van der Waals surface area contributed by atoms with Crippen molar-refractivity contribution in [1.82, 2.24) is 5.32 Å². The van der Waals surface area contributed by atoms with Crippen LogP contribution in [0.3, 0.4) is 0 Å². The van der Waals surface area contributed by atoms with Gasteiger partial charge in [-0.1, -0.05) is 57.3 Å². The number of unbranched alkanes of at least 4 members (excludes halogenated alkanes) is 5. The van der Waals surface area contributed by atoms with Crippen molar-refractivity contribution in [2.45, 2.75) is 58.0 Å². The standard InChI is InChI=1S/C16H29NO/c1-3-4-5-6-7-8-13-17-14-15-9-11-16(18-2)12-10-15/h9-11,16-17H,3-8,12-14H2,1-2H3. The van der Waals surface area contributed by atoms with Crippen molar-refractivity contribution in [3.05, 3.63) is 23.8 Å². The maximum absolute atomic E-state index is 5.28. The zero-order valence-electron chi connectivity index (χ0n) is 12.1. The lowest BCUT2D eigenvalue weighted by atomic mass is 10.0. The van der Waals surface area contributed by atoms with Crippen LogP contribution in [0.15, 0.2) is 23.8 Å². The highest BCUT2D eigenvalue weighted by atomic mass is 16.5. The van der Waals surface area contributed by atoms with E-state index in [4.69, 9.17) is 4.74 Å². The second kappa shape index (κ2) is 10.3. The molecule has 1 N–H and O–H groups in total. The van der Waals surface area contributed by atoms with Gasteiger partial charge in [0.05, 0.1) is 6.10 Å². The Hall–Kier alpha value is -0.600. The van der Waals surface area contributed by atoms with E-state index in [2.05, 4.69) is 30.5 Å². The van der Waals surface area contributed by atoms with Gasteiger partial charge in [-0.15, -0.1) is 0 Å². The van der Waals surface area contributed by atoms with E-state index in [9.17, 15) is 0 Å². The molecule has 0 aromatic rings. The van der Waals surface area contributed by atoms with Crippen LogP contribution in [0.4, 0.5) is 0 Å². The van der Waals surface area contributed by atoms with Crippen LogP contribution < -0.4 is 5.32 Å². The van der Waals surface area contributed by atoms with E-state index in [1.54, 1.807) is 7.11 Å². The second-order valence-electron chi connectivity index (χ2n) is 5.09. The van der Waals surface area contributed by atoms with Crippen molar-refractivity contribution in [1.29, 1.82) is 0 Å². The Balaban J connectivity index is 1.93. The Kier molecular flexibility index (Phi) is 8.87. The molecular formula is C16H29NO. The topological polar surface area (TPSA) is 21.3 Å². The predicted octanol–water partition coefficient (Wildman–Crippen LogP) is 3.84. The summed E-state index contributed by atoms with van der Waals surface area (Å²) in [5, 5.41) is 3.52. The lowest BCUT2D eigenvalue weighted by Gasteiger charge is -2.15. The molecule has 0 aromatic carbocycles. The zero-order valence-corrected chi connectivity index (χ0v) is 12.1. The van der Waals surface area contributed by atoms with Crippen LogP contribution in [0.25, 0.3) is 0 Å². The quantitative estimate of drug-likeness (QED) is 0.596. The molecule has 1 unspecified atom stereocenters. The van der Waals surface area contributed by atoms with Gasteiger partial charge in [0, 0.05) is 13.7 Å². The first-order chi connectivity index (χ1) is 8.86. The number of hydrogen-bond donors (Lipinski definition) is 1. The average Bonchev–Trinajstić information content (AvgIpc) is 2.42. The lowest BCUT2D eigenvalue weighted by Crippen LogP contribution is -2.19. The Labute approximate surface area is 112 Å². The maximum Gasteiger partial charge on any atom is 0.0789 e. The molecule has 2 heteroatoms. The summed E-state index contributed by atoms with van der Waals surface area (Å²) in [6.45, 7) is 4.41. The minimum absolute atomic E-state index is 0.285. The summed E-state index contributed by atoms with van der Waals surface area (Å²) in [5.74, 6) is 0. The van der Waals surface area contributed by atoms with Gasteiger partial charge in [-0.2, -0.15) is 0 Å². The van der Waals surface area contributed by atoms with Gasteiger partial charge in [0.25, 0.3) is 0 Å². The molecule has 2 nitrogen and oxygen atoms in total. The fraction of sp³-hybridized carbons (Fsp3) is 0.750. The van der Waals surface area contributed by atoms with Crippen LogP contribution in [0.5, 0.6) is 0 Å². The highest BCUT2D eigenvalue weighted by molar-refractivity contribution is 5.25. The summed E-state index contributed by atoms with van der Waals surface area (Å²) in [4.78, 5) is 0. The van der Waals surface area contributed by atoms with Gasteiger partial charge >= 0.3 is 0 Å². The third kappa shape index (κ3) is 6.97. The molecule has 1 atom stereocenters. The maximum atomic E-state index is 5.28. The van der Waals surface area contributed by atoms with Crippen molar-refractivity contribution in [3.8, 4) is 0 Å². The monoisotopic (exact) mass is 251 g/mol. The van der Waals surface area contributed by atoms with Crippen LogP contribution >= 0.6 is 0 Å². The van der Waals surface area contributed by atoms with Gasteiger partial charge in [-0.3, -0.25) is 0 Å². The predicted molar refractivity (Wildman–Crippen MR) is 78.9 cm³/mol. The molecule has 0 bridgehead atoms. The van der Waals surface area contributed by atoms with Crippen LogP contribution in [-0.2, 0) is 4.74 Å². The molecule has 1 rings (SSSR count). The molecule has 0 aromatic heterocycles. The normalized spacial score (nSPS) is 19.0. The van der Waals surface area contributed by atoms with E-state index in [-0.39, 0.29) is 6.10 Å². The van der Waals surface area contributed by atoms with Crippen LogP contribution in [0.2, 0.25) is 0 Å². The zero-order chi connectivity index (χ0) is 13.1. The third-order valence-corrected chi connectivity index (χ3v) is 3.48. The van der Waals surface area contributed by atoms with Gasteiger partial charge in [0.1, 0.15) is 0 Å². The fourth-order valence-corrected chi connectivity index (χ4v) is 2.21. The molecule has 0 fully saturated rings. The Morgan fingerprint density at radius 3 is 2.67 bits per heavy atom. The second-order valence-corrected chi connectivity index (χ2v) is 5.09. The summed E-state index contributed by atoms with van der Waals surface area (Å²) >= 11 is 0. The summed E-state index contributed by atoms with van der Waals surface area (Å²) in [7, 11) is 1.77. The number of ether oxygens (including phenoxy) is 1. The smallest absolute Gasteiger partial charge is 0.0789 e. The first kappa shape index (κ1) is 15.5. The lowest BCUT2D eigenvalue weighted by molar-refractivity contribution is 0.142. The third-order valence-electron chi connectivity index (χ3n) is 3.48. The fourth-order valence-electron chi connectivity index (χ4n) is 2.21. The molecule has 18 heavy (non-hydrogen) atoms. The highest BCUT2D eigenvalue weighted by Gasteiger charge is 2.06. The summed E-state index contributed by atoms with van der Waals surface area (Å²) in [6, 6.07) is 0.